The number of carbonyl (C=O) groups is 6. The van der Waals surface area contributed by atoms with Gasteiger partial charge in [-0.05, 0) is 75.8 Å². The molecular formula is C41H51N7O12. The van der Waals surface area contributed by atoms with E-state index in [1.54, 1.807) is 23.7 Å². The van der Waals surface area contributed by atoms with Gasteiger partial charge in [0.25, 0.3) is 0 Å². The molecule has 0 aromatic carbocycles. The Bertz CT molecular complexity index is 1850. The van der Waals surface area contributed by atoms with Crippen LogP contribution in [0.5, 0.6) is 0 Å². The first-order valence-corrected chi connectivity index (χ1v) is 19.5. The fraction of sp³-hybridized carbons (Fsp3) is 0.463. The van der Waals surface area contributed by atoms with E-state index < -0.39 is 53.1 Å². The van der Waals surface area contributed by atoms with Crippen LogP contribution < -0.4 is 21.3 Å². The van der Waals surface area contributed by atoms with E-state index in [-0.39, 0.29) is 37.3 Å². The minimum atomic E-state index is -2.38. The summed E-state index contributed by atoms with van der Waals surface area (Å²) in [5, 5.41) is 36.8. The number of hydrogen-bond acceptors (Lipinski definition) is 12. The van der Waals surface area contributed by atoms with Crippen LogP contribution in [-0.4, -0.2) is 109 Å². The van der Waals surface area contributed by atoms with Crippen molar-refractivity contribution >= 4 is 53.6 Å². The lowest BCUT2D eigenvalue weighted by molar-refractivity contribution is -0.139. The highest BCUT2D eigenvalue weighted by Crippen LogP contribution is 2.13. The molecule has 322 valence electrons. The third-order valence-corrected chi connectivity index (χ3v) is 8.95. The minimum absolute atomic E-state index is 0.0265. The number of aliphatic carboxylic acids is 3. The number of rotatable bonds is 30. The SMILES string of the molecule is O=C=C(CCCC(NC(=O)NC(C(=O)O)C(=C=O)C(=C=O)C(=O)O)C(=O)O)NC(=O)CCCCCCC(=O)NCCCCCCN(Cc1ccccn1)Cc1ccccn1. The summed E-state index contributed by atoms with van der Waals surface area (Å²) in [6, 6.07) is 6.35. The smallest absolute Gasteiger partial charge is 0.348 e. The molecule has 0 aliphatic rings. The van der Waals surface area contributed by atoms with E-state index >= 15 is 0 Å². The van der Waals surface area contributed by atoms with Crippen LogP contribution in [0.3, 0.4) is 0 Å². The number of urea groups is 1. The second-order valence-electron chi connectivity index (χ2n) is 13.6. The van der Waals surface area contributed by atoms with Crippen molar-refractivity contribution in [1.29, 1.82) is 0 Å². The molecule has 0 aliphatic heterocycles. The number of hydrogen-bond donors (Lipinski definition) is 7. The Kier molecular flexibility index (Phi) is 23.5. The summed E-state index contributed by atoms with van der Waals surface area (Å²) in [4.78, 5) is 116. The first-order chi connectivity index (χ1) is 28.9. The van der Waals surface area contributed by atoms with Crippen molar-refractivity contribution < 1.29 is 58.5 Å². The Balaban J connectivity index is 1.60. The summed E-state index contributed by atoms with van der Waals surface area (Å²) < 4.78 is 0. The van der Waals surface area contributed by atoms with Crippen molar-refractivity contribution in [2.75, 3.05) is 13.1 Å². The minimum Gasteiger partial charge on any atom is -0.480 e. The van der Waals surface area contributed by atoms with E-state index in [4.69, 9.17) is 5.11 Å². The molecule has 0 fully saturated rings. The van der Waals surface area contributed by atoms with Crippen LogP contribution >= 0.6 is 0 Å². The van der Waals surface area contributed by atoms with Gasteiger partial charge in [0.1, 0.15) is 29.6 Å². The van der Waals surface area contributed by atoms with Crippen LogP contribution in [0.2, 0.25) is 0 Å². The zero-order chi connectivity index (χ0) is 44.1. The van der Waals surface area contributed by atoms with Crippen molar-refractivity contribution in [1.82, 2.24) is 36.1 Å². The van der Waals surface area contributed by atoms with E-state index in [9.17, 15) is 53.4 Å². The summed E-state index contributed by atoms with van der Waals surface area (Å²) in [5.74, 6) is -2.57. The van der Waals surface area contributed by atoms with Crippen molar-refractivity contribution in [3.63, 3.8) is 0 Å². The highest BCUT2D eigenvalue weighted by molar-refractivity contribution is 6.06. The Morgan fingerprint density at radius 2 is 1.25 bits per heavy atom. The molecule has 0 saturated carbocycles. The number of carbonyl (C=O) groups excluding carboxylic acids is 6. The van der Waals surface area contributed by atoms with Crippen molar-refractivity contribution in [3.05, 3.63) is 77.0 Å². The van der Waals surface area contributed by atoms with Gasteiger partial charge in [0, 0.05) is 44.9 Å². The van der Waals surface area contributed by atoms with E-state index in [0.717, 1.165) is 75.0 Å². The fourth-order valence-corrected chi connectivity index (χ4v) is 5.88. The molecule has 2 aromatic heterocycles. The topological polar surface area (TPSA) is 291 Å². The third kappa shape index (κ3) is 20.1. The quantitative estimate of drug-likeness (QED) is 0.0257. The molecule has 2 rings (SSSR count). The molecule has 2 aromatic rings. The van der Waals surface area contributed by atoms with E-state index in [2.05, 4.69) is 25.5 Å². The number of unbranched alkanes of at least 4 members (excludes halogenated alkanes) is 6. The second kappa shape index (κ2) is 28.6. The summed E-state index contributed by atoms with van der Waals surface area (Å²) in [7, 11) is 0. The van der Waals surface area contributed by atoms with Gasteiger partial charge < -0.3 is 36.6 Å². The van der Waals surface area contributed by atoms with Crippen LogP contribution in [-0.2, 0) is 51.4 Å². The van der Waals surface area contributed by atoms with Gasteiger partial charge in [-0.2, -0.15) is 0 Å². The molecule has 0 spiro atoms. The number of allylic oxidation sites excluding steroid dienone is 1. The number of aromatic nitrogens is 2. The molecular weight excluding hydrogens is 782 g/mol. The van der Waals surface area contributed by atoms with Gasteiger partial charge in [-0.15, -0.1) is 0 Å². The number of carboxylic acid groups (broad SMARTS) is 3. The molecule has 0 bridgehead atoms. The number of amides is 4. The first kappa shape index (κ1) is 49.4. The van der Waals surface area contributed by atoms with Gasteiger partial charge in [-0.25, -0.2) is 33.6 Å². The summed E-state index contributed by atoms with van der Waals surface area (Å²) in [5.41, 5.74) is -0.785. The van der Waals surface area contributed by atoms with Crippen LogP contribution in [0.25, 0.3) is 0 Å². The van der Waals surface area contributed by atoms with Gasteiger partial charge in [0.15, 0.2) is 11.6 Å². The highest BCUT2D eigenvalue weighted by Gasteiger charge is 2.33. The largest absolute Gasteiger partial charge is 0.480 e. The maximum absolute atomic E-state index is 12.4. The Hall–Kier alpha value is -6.77. The molecule has 2 heterocycles. The summed E-state index contributed by atoms with van der Waals surface area (Å²) >= 11 is 0. The van der Waals surface area contributed by atoms with Crippen LogP contribution in [0, 0.1) is 0 Å². The predicted octanol–water partition coefficient (Wildman–Crippen LogP) is 2.30. The normalized spacial score (nSPS) is 11.4. The maximum Gasteiger partial charge on any atom is 0.348 e. The molecule has 2 atom stereocenters. The molecule has 0 saturated heterocycles. The lowest BCUT2D eigenvalue weighted by Crippen LogP contribution is -2.52. The summed E-state index contributed by atoms with van der Waals surface area (Å²) in [6.07, 6.45) is 10.0. The summed E-state index contributed by atoms with van der Waals surface area (Å²) in [6.45, 7) is 2.99. The lowest BCUT2D eigenvalue weighted by Gasteiger charge is -2.21. The molecule has 19 heteroatoms. The van der Waals surface area contributed by atoms with Crippen molar-refractivity contribution in [3.8, 4) is 0 Å². The molecule has 4 amide bonds. The first-order valence-electron chi connectivity index (χ1n) is 19.5. The Morgan fingerprint density at radius 3 is 1.77 bits per heavy atom. The van der Waals surface area contributed by atoms with Crippen molar-refractivity contribution in [2.45, 2.75) is 109 Å². The Morgan fingerprint density at radius 1 is 0.650 bits per heavy atom. The Labute approximate surface area is 346 Å². The third-order valence-electron chi connectivity index (χ3n) is 8.95. The van der Waals surface area contributed by atoms with Gasteiger partial charge in [-0.1, -0.05) is 37.8 Å². The standard InChI is InChI=1S/C41H51N7O12/c49-26-31(16-13-17-34(39(56)57)46-41(60)47-37(40(58)59)32(27-50)33(28-51)38(54)55)45-36(53)19-6-2-1-5-18-35(52)44-22-9-3-4-12-23-48(24-29-14-7-10-20-42-29)25-30-15-8-11-21-43-30/h7-8,10-11,14-15,20-21,34,37H,1-6,9,12-13,16-19,22-25H2,(H,44,52)(H,45,53)(H,54,55)(H,56,57)(H,58,59)(H2,46,47,60). The highest BCUT2D eigenvalue weighted by atomic mass is 16.4. The van der Waals surface area contributed by atoms with Gasteiger partial charge in [0.2, 0.25) is 11.8 Å². The van der Waals surface area contributed by atoms with Gasteiger partial charge in [0.05, 0.1) is 17.0 Å². The van der Waals surface area contributed by atoms with Gasteiger partial charge in [-0.3, -0.25) is 24.5 Å². The average Bonchev–Trinajstić information content (AvgIpc) is 3.22. The zero-order valence-corrected chi connectivity index (χ0v) is 33.2. The van der Waals surface area contributed by atoms with Crippen molar-refractivity contribution in [2.24, 2.45) is 0 Å². The van der Waals surface area contributed by atoms with E-state index in [1.165, 1.54) is 0 Å². The molecule has 2 unspecified atom stereocenters. The fourth-order valence-electron chi connectivity index (χ4n) is 5.88. The number of carboxylic acids is 3. The lowest BCUT2D eigenvalue weighted by atomic mass is 10.0. The predicted molar refractivity (Wildman–Crippen MR) is 214 cm³/mol. The van der Waals surface area contributed by atoms with Crippen LogP contribution in [0.4, 0.5) is 4.79 Å². The van der Waals surface area contributed by atoms with Gasteiger partial charge >= 0.3 is 23.9 Å². The molecule has 0 aliphatic carbocycles. The molecule has 60 heavy (non-hydrogen) atoms. The number of pyridine rings is 2. The van der Waals surface area contributed by atoms with Crippen LogP contribution in [0.1, 0.15) is 94.9 Å². The number of nitrogens with one attached hydrogen (secondary N) is 4. The van der Waals surface area contributed by atoms with E-state index in [0.29, 0.717) is 32.2 Å². The molecule has 19 nitrogen and oxygen atoms in total. The molecule has 0 radical (unpaired) electrons. The number of nitrogens with zero attached hydrogens (tertiary/aromatic N) is 3. The monoisotopic (exact) mass is 833 g/mol. The van der Waals surface area contributed by atoms with Crippen LogP contribution in [0.15, 0.2) is 65.6 Å². The zero-order valence-electron chi connectivity index (χ0n) is 33.2. The second-order valence-corrected chi connectivity index (χ2v) is 13.6. The maximum atomic E-state index is 12.4. The molecule has 7 N–H and O–H groups in total. The van der Waals surface area contributed by atoms with E-state index in [1.807, 2.05) is 41.7 Å². The average molecular weight is 834 g/mol.